The maximum absolute atomic E-state index is 5.41. The van der Waals surface area contributed by atoms with Crippen LogP contribution in [0.25, 0.3) is 0 Å². The van der Waals surface area contributed by atoms with Gasteiger partial charge in [0.25, 0.3) is 0 Å². The van der Waals surface area contributed by atoms with Gasteiger partial charge >= 0.3 is 0 Å². The second-order valence-electron chi connectivity index (χ2n) is 3.39. The molecule has 0 aromatic rings. The zero-order chi connectivity index (χ0) is 11.4. The van der Waals surface area contributed by atoms with Gasteiger partial charge in [-0.25, -0.2) is 0 Å². The normalized spacial score (nSPS) is 12.3. The highest BCUT2D eigenvalue weighted by molar-refractivity contribution is 4.85. The number of terminal acetylenes is 1. The first-order valence-electron chi connectivity index (χ1n) is 5.58. The standard InChI is InChI=1S/C12H23NO2/c1-4-6-7-12(13-5-2)8-9-15-11-10-14-3/h1,12-13H,5-11H2,2-3H3. The van der Waals surface area contributed by atoms with E-state index in [0.717, 1.165) is 32.4 Å². The number of hydrogen-bond donors (Lipinski definition) is 1. The molecule has 0 aliphatic carbocycles. The van der Waals surface area contributed by atoms with Crippen LogP contribution in [0.4, 0.5) is 0 Å². The van der Waals surface area contributed by atoms with E-state index in [1.807, 2.05) is 0 Å². The number of ether oxygens (including phenoxy) is 2. The molecule has 0 aliphatic rings. The highest BCUT2D eigenvalue weighted by Crippen LogP contribution is 2.01. The van der Waals surface area contributed by atoms with Crippen molar-refractivity contribution in [2.45, 2.75) is 32.2 Å². The summed E-state index contributed by atoms with van der Waals surface area (Å²) in [5, 5.41) is 3.40. The maximum atomic E-state index is 5.41. The first-order valence-corrected chi connectivity index (χ1v) is 5.58. The van der Waals surface area contributed by atoms with E-state index in [0.29, 0.717) is 19.3 Å². The van der Waals surface area contributed by atoms with Crippen LogP contribution < -0.4 is 5.32 Å². The van der Waals surface area contributed by atoms with Crippen molar-refractivity contribution in [3.63, 3.8) is 0 Å². The van der Waals surface area contributed by atoms with Crippen molar-refractivity contribution >= 4 is 0 Å². The van der Waals surface area contributed by atoms with Crippen LogP contribution in [-0.2, 0) is 9.47 Å². The number of hydrogen-bond acceptors (Lipinski definition) is 3. The first kappa shape index (κ1) is 14.4. The van der Waals surface area contributed by atoms with E-state index in [1.165, 1.54) is 0 Å². The fraction of sp³-hybridized carbons (Fsp3) is 0.833. The summed E-state index contributed by atoms with van der Waals surface area (Å²) in [5.41, 5.74) is 0. The van der Waals surface area contributed by atoms with Crippen molar-refractivity contribution in [3.05, 3.63) is 0 Å². The lowest BCUT2D eigenvalue weighted by Crippen LogP contribution is -2.30. The van der Waals surface area contributed by atoms with Gasteiger partial charge in [0, 0.05) is 26.2 Å². The summed E-state index contributed by atoms with van der Waals surface area (Å²) in [6, 6.07) is 0.480. The minimum Gasteiger partial charge on any atom is -0.382 e. The van der Waals surface area contributed by atoms with Crippen LogP contribution in [0.5, 0.6) is 0 Å². The molecule has 0 radical (unpaired) electrons. The molecule has 0 fully saturated rings. The van der Waals surface area contributed by atoms with Crippen molar-refractivity contribution in [2.24, 2.45) is 0 Å². The van der Waals surface area contributed by atoms with E-state index in [1.54, 1.807) is 7.11 Å². The van der Waals surface area contributed by atoms with Crippen LogP contribution in [0.15, 0.2) is 0 Å². The van der Waals surface area contributed by atoms with Crippen LogP contribution >= 0.6 is 0 Å². The van der Waals surface area contributed by atoms with Crippen molar-refractivity contribution in [1.82, 2.24) is 5.32 Å². The minimum atomic E-state index is 0.480. The fourth-order valence-corrected chi connectivity index (χ4v) is 1.36. The van der Waals surface area contributed by atoms with Gasteiger partial charge in [0.15, 0.2) is 0 Å². The van der Waals surface area contributed by atoms with Crippen molar-refractivity contribution in [3.8, 4) is 12.3 Å². The summed E-state index contributed by atoms with van der Waals surface area (Å²) in [4.78, 5) is 0. The molecule has 0 saturated carbocycles. The zero-order valence-electron chi connectivity index (χ0n) is 9.92. The zero-order valence-corrected chi connectivity index (χ0v) is 9.92. The topological polar surface area (TPSA) is 30.5 Å². The lowest BCUT2D eigenvalue weighted by atomic mass is 10.1. The molecule has 0 rings (SSSR count). The van der Waals surface area contributed by atoms with Gasteiger partial charge in [0.2, 0.25) is 0 Å². The average molecular weight is 213 g/mol. The summed E-state index contributed by atoms with van der Waals surface area (Å²) in [5.74, 6) is 2.67. The van der Waals surface area contributed by atoms with Gasteiger partial charge in [-0.1, -0.05) is 6.92 Å². The summed E-state index contributed by atoms with van der Waals surface area (Å²) >= 11 is 0. The third-order valence-corrected chi connectivity index (χ3v) is 2.17. The van der Waals surface area contributed by atoms with E-state index in [-0.39, 0.29) is 0 Å². The second-order valence-corrected chi connectivity index (χ2v) is 3.39. The molecule has 3 heteroatoms. The Hall–Kier alpha value is -0.560. The fourth-order valence-electron chi connectivity index (χ4n) is 1.36. The predicted molar refractivity (Wildman–Crippen MR) is 62.8 cm³/mol. The Bertz CT molecular complexity index is 165. The lowest BCUT2D eigenvalue weighted by molar-refractivity contribution is 0.0656. The van der Waals surface area contributed by atoms with Gasteiger partial charge in [-0.3, -0.25) is 0 Å². The lowest BCUT2D eigenvalue weighted by Gasteiger charge is -2.16. The van der Waals surface area contributed by atoms with Gasteiger partial charge < -0.3 is 14.8 Å². The van der Waals surface area contributed by atoms with E-state index in [4.69, 9.17) is 15.9 Å². The molecule has 1 unspecified atom stereocenters. The summed E-state index contributed by atoms with van der Waals surface area (Å²) in [6.07, 6.45) is 8.11. The molecule has 3 nitrogen and oxygen atoms in total. The van der Waals surface area contributed by atoms with Gasteiger partial charge in [-0.15, -0.1) is 12.3 Å². The van der Waals surface area contributed by atoms with Gasteiger partial charge in [-0.05, 0) is 19.4 Å². The Labute approximate surface area is 93.5 Å². The van der Waals surface area contributed by atoms with Crippen LogP contribution in [0.1, 0.15) is 26.2 Å². The van der Waals surface area contributed by atoms with Crippen LogP contribution in [0.3, 0.4) is 0 Å². The Balaban J connectivity index is 3.44. The summed E-state index contributed by atoms with van der Waals surface area (Å²) in [6.45, 7) is 5.19. The first-order chi connectivity index (χ1) is 7.35. The third-order valence-electron chi connectivity index (χ3n) is 2.17. The molecule has 15 heavy (non-hydrogen) atoms. The molecule has 1 N–H and O–H groups in total. The average Bonchev–Trinajstić information content (AvgIpc) is 2.25. The monoisotopic (exact) mass is 213 g/mol. The van der Waals surface area contributed by atoms with Crippen molar-refractivity contribution < 1.29 is 9.47 Å². The largest absolute Gasteiger partial charge is 0.382 e. The van der Waals surface area contributed by atoms with Crippen LogP contribution in [0, 0.1) is 12.3 Å². The molecular formula is C12H23NO2. The Morgan fingerprint density at radius 1 is 1.27 bits per heavy atom. The number of methoxy groups -OCH3 is 1. The van der Waals surface area contributed by atoms with Crippen LogP contribution in [0.2, 0.25) is 0 Å². The number of nitrogens with one attached hydrogen (secondary N) is 1. The SMILES string of the molecule is C#CCCC(CCOCCOC)NCC. The highest BCUT2D eigenvalue weighted by atomic mass is 16.5. The minimum absolute atomic E-state index is 0.480. The maximum Gasteiger partial charge on any atom is 0.0700 e. The van der Waals surface area contributed by atoms with Crippen molar-refractivity contribution in [2.75, 3.05) is 33.5 Å². The number of rotatable bonds is 10. The molecule has 0 bridgehead atoms. The van der Waals surface area contributed by atoms with Gasteiger partial charge in [0.1, 0.15) is 0 Å². The molecule has 0 heterocycles. The van der Waals surface area contributed by atoms with E-state index in [9.17, 15) is 0 Å². The molecular weight excluding hydrogens is 190 g/mol. The molecule has 0 spiro atoms. The Morgan fingerprint density at radius 3 is 2.67 bits per heavy atom. The Kier molecular flexibility index (Phi) is 11.1. The molecule has 1 atom stereocenters. The smallest absolute Gasteiger partial charge is 0.0700 e. The molecule has 0 aliphatic heterocycles. The van der Waals surface area contributed by atoms with Gasteiger partial charge in [-0.2, -0.15) is 0 Å². The second kappa shape index (κ2) is 11.5. The molecule has 88 valence electrons. The molecule has 0 aromatic carbocycles. The third kappa shape index (κ3) is 9.74. The summed E-state index contributed by atoms with van der Waals surface area (Å²) in [7, 11) is 1.68. The Morgan fingerprint density at radius 2 is 2.07 bits per heavy atom. The van der Waals surface area contributed by atoms with Gasteiger partial charge in [0.05, 0.1) is 13.2 Å². The van der Waals surface area contributed by atoms with E-state index < -0.39 is 0 Å². The molecule has 0 amide bonds. The summed E-state index contributed by atoms with van der Waals surface area (Å²) < 4.78 is 10.3. The highest BCUT2D eigenvalue weighted by Gasteiger charge is 2.05. The predicted octanol–water partition coefficient (Wildman–Crippen LogP) is 1.43. The van der Waals surface area contributed by atoms with Crippen LogP contribution in [-0.4, -0.2) is 39.5 Å². The van der Waals surface area contributed by atoms with E-state index in [2.05, 4.69) is 18.2 Å². The van der Waals surface area contributed by atoms with E-state index >= 15 is 0 Å². The van der Waals surface area contributed by atoms with Crippen molar-refractivity contribution in [1.29, 1.82) is 0 Å². The molecule has 0 aromatic heterocycles. The quantitative estimate of drug-likeness (QED) is 0.440. The molecule has 0 saturated heterocycles.